The van der Waals surface area contributed by atoms with Gasteiger partial charge in [-0.25, -0.2) is 8.78 Å². The van der Waals surface area contributed by atoms with Crippen molar-refractivity contribution < 1.29 is 18.4 Å². The molecule has 0 saturated carbocycles. The Hall–Kier alpha value is -1.98. The van der Waals surface area contributed by atoms with Crippen molar-refractivity contribution in [1.29, 1.82) is 0 Å². The molecule has 1 atom stereocenters. The molecule has 1 heterocycles. The van der Waals surface area contributed by atoms with Crippen LogP contribution in [-0.4, -0.2) is 29.3 Å². The van der Waals surface area contributed by atoms with Gasteiger partial charge in [0.05, 0.1) is 5.92 Å². The van der Waals surface area contributed by atoms with Crippen molar-refractivity contribution in [3.63, 3.8) is 0 Å². The number of rotatable bonds is 4. The number of halogens is 2. The normalized spacial score (nSPS) is 18.4. The van der Waals surface area contributed by atoms with Crippen molar-refractivity contribution in [3.05, 3.63) is 35.4 Å². The second kappa shape index (κ2) is 6.20. The highest BCUT2D eigenvalue weighted by atomic mass is 19.2. The Kier molecular flexibility index (Phi) is 4.55. The maximum absolute atomic E-state index is 13.5. The third-order valence-electron chi connectivity index (χ3n) is 3.64. The Morgan fingerprint density at radius 1 is 1.43 bits per heavy atom. The number of hydrogen-bond acceptors (Lipinski definition) is 2. The highest BCUT2D eigenvalue weighted by molar-refractivity contribution is 5.89. The topological polar surface area (TPSA) is 49.4 Å². The van der Waals surface area contributed by atoms with Crippen LogP contribution in [0.2, 0.25) is 0 Å². The van der Waals surface area contributed by atoms with Crippen LogP contribution in [0, 0.1) is 17.6 Å². The van der Waals surface area contributed by atoms with Crippen LogP contribution < -0.4 is 5.32 Å². The number of nitrogens with zero attached hydrogens (tertiary/aromatic N) is 1. The fourth-order valence-electron chi connectivity index (χ4n) is 2.42. The molecule has 0 spiro atoms. The van der Waals surface area contributed by atoms with E-state index in [0.29, 0.717) is 6.54 Å². The second-order valence-electron chi connectivity index (χ2n) is 5.47. The fourth-order valence-corrected chi connectivity index (χ4v) is 2.42. The molecule has 1 aromatic rings. The van der Waals surface area contributed by atoms with Gasteiger partial charge in [0.1, 0.15) is 0 Å². The van der Waals surface area contributed by atoms with Crippen molar-refractivity contribution in [3.8, 4) is 0 Å². The average Bonchev–Trinajstić information content (AvgIpc) is 2.82. The summed E-state index contributed by atoms with van der Waals surface area (Å²) >= 11 is 0. The van der Waals surface area contributed by atoms with Crippen LogP contribution in [0.25, 0.3) is 0 Å². The molecule has 1 aliphatic heterocycles. The van der Waals surface area contributed by atoms with Gasteiger partial charge in [-0.2, -0.15) is 0 Å². The molecule has 1 unspecified atom stereocenters. The van der Waals surface area contributed by atoms with Crippen molar-refractivity contribution in [1.82, 2.24) is 10.2 Å². The molecule has 2 rings (SSSR count). The zero-order chi connectivity index (χ0) is 15.6. The van der Waals surface area contributed by atoms with E-state index in [1.807, 2.05) is 13.8 Å². The summed E-state index contributed by atoms with van der Waals surface area (Å²) in [6.45, 7) is 4.06. The first kappa shape index (κ1) is 15.4. The molecule has 2 amide bonds. The summed E-state index contributed by atoms with van der Waals surface area (Å²) in [5, 5.41) is 2.56. The van der Waals surface area contributed by atoms with Crippen molar-refractivity contribution in [2.24, 2.45) is 5.92 Å². The smallest absolute Gasteiger partial charge is 0.225 e. The number of hydrogen-bond donors (Lipinski definition) is 1. The van der Waals surface area contributed by atoms with E-state index in [1.54, 1.807) is 4.90 Å². The van der Waals surface area contributed by atoms with Gasteiger partial charge < -0.3 is 10.2 Å². The predicted octanol–water partition coefficient (Wildman–Crippen LogP) is 1.84. The van der Waals surface area contributed by atoms with Crippen molar-refractivity contribution in [2.45, 2.75) is 32.9 Å². The number of nitrogens with one attached hydrogen (secondary N) is 1. The van der Waals surface area contributed by atoms with Crippen LogP contribution in [-0.2, 0) is 16.1 Å². The van der Waals surface area contributed by atoms with Gasteiger partial charge in [-0.05, 0) is 19.9 Å². The molecule has 0 radical (unpaired) electrons. The van der Waals surface area contributed by atoms with Crippen molar-refractivity contribution >= 4 is 11.8 Å². The Labute approximate surface area is 122 Å². The van der Waals surface area contributed by atoms with E-state index in [0.717, 1.165) is 6.07 Å². The summed E-state index contributed by atoms with van der Waals surface area (Å²) in [7, 11) is 0. The maximum atomic E-state index is 13.5. The first-order valence-corrected chi connectivity index (χ1v) is 6.90. The molecule has 6 heteroatoms. The Balaban J connectivity index is 1.94. The molecule has 4 nitrogen and oxygen atoms in total. The predicted molar refractivity (Wildman–Crippen MR) is 73.2 cm³/mol. The van der Waals surface area contributed by atoms with Gasteiger partial charge in [0.25, 0.3) is 0 Å². The minimum Gasteiger partial charge on any atom is -0.352 e. The van der Waals surface area contributed by atoms with Crippen LogP contribution in [0.5, 0.6) is 0 Å². The molecule has 0 aliphatic carbocycles. The standard InChI is InChI=1S/C15H18F2N2O2/c1-9(2)19-8-11(6-13(19)20)15(21)18-7-10-4-3-5-12(16)14(10)17/h3-5,9,11H,6-8H2,1-2H3,(H,18,21). The molecule has 0 bridgehead atoms. The Morgan fingerprint density at radius 2 is 2.14 bits per heavy atom. The monoisotopic (exact) mass is 296 g/mol. The number of amides is 2. The summed E-state index contributed by atoms with van der Waals surface area (Å²) in [5.74, 6) is -2.69. The number of carbonyl (C=O) groups is 2. The summed E-state index contributed by atoms with van der Waals surface area (Å²) in [6.07, 6.45) is 0.162. The maximum Gasteiger partial charge on any atom is 0.225 e. The summed E-state index contributed by atoms with van der Waals surface area (Å²) < 4.78 is 26.5. The SMILES string of the molecule is CC(C)N1CC(C(=O)NCc2cccc(F)c2F)CC1=O. The summed E-state index contributed by atoms with van der Waals surface area (Å²) in [6, 6.07) is 3.88. The Morgan fingerprint density at radius 3 is 2.76 bits per heavy atom. The molecule has 0 aromatic heterocycles. The van der Waals surface area contributed by atoms with Gasteiger partial charge in [-0.1, -0.05) is 12.1 Å². The van der Waals surface area contributed by atoms with Crippen LogP contribution in [0.15, 0.2) is 18.2 Å². The molecule has 21 heavy (non-hydrogen) atoms. The van der Waals surface area contributed by atoms with Gasteiger partial charge in [0.15, 0.2) is 11.6 Å². The zero-order valence-electron chi connectivity index (χ0n) is 12.0. The molecule has 1 aromatic carbocycles. The van der Waals surface area contributed by atoms with Gasteiger partial charge in [-0.3, -0.25) is 9.59 Å². The number of carbonyl (C=O) groups excluding carboxylic acids is 2. The second-order valence-corrected chi connectivity index (χ2v) is 5.47. The Bertz CT molecular complexity index is 561. The third kappa shape index (κ3) is 3.37. The lowest BCUT2D eigenvalue weighted by Crippen LogP contribution is -2.35. The fraction of sp³-hybridized carbons (Fsp3) is 0.467. The largest absolute Gasteiger partial charge is 0.352 e. The lowest BCUT2D eigenvalue weighted by atomic mass is 10.1. The minimum atomic E-state index is -0.955. The molecular weight excluding hydrogens is 278 g/mol. The molecular formula is C15H18F2N2O2. The quantitative estimate of drug-likeness (QED) is 0.921. The summed E-state index contributed by atoms with van der Waals surface area (Å²) in [4.78, 5) is 25.4. The van der Waals surface area contributed by atoms with Crippen LogP contribution in [0.1, 0.15) is 25.8 Å². The van der Waals surface area contributed by atoms with E-state index >= 15 is 0 Å². The highest BCUT2D eigenvalue weighted by Crippen LogP contribution is 2.20. The van der Waals surface area contributed by atoms with E-state index < -0.39 is 17.6 Å². The van der Waals surface area contributed by atoms with Gasteiger partial charge >= 0.3 is 0 Å². The lowest BCUT2D eigenvalue weighted by molar-refractivity contribution is -0.130. The van der Waals surface area contributed by atoms with Crippen LogP contribution in [0.3, 0.4) is 0 Å². The van der Waals surface area contributed by atoms with Gasteiger partial charge in [0.2, 0.25) is 11.8 Å². The molecule has 1 aliphatic rings. The summed E-state index contributed by atoms with van der Waals surface area (Å²) in [5.41, 5.74) is 0.0911. The lowest BCUT2D eigenvalue weighted by Gasteiger charge is -2.20. The first-order valence-electron chi connectivity index (χ1n) is 6.90. The van der Waals surface area contributed by atoms with E-state index in [9.17, 15) is 18.4 Å². The van der Waals surface area contributed by atoms with Crippen LogP contribution >= 0.6 is 0 Å². The van der Waals surface area contributed by atoms with Gasteiger partial charge in [-0.15, -0.1) is 0 Å². The number of benzene rings is 1. The molecule has 1 fully saturated rings. The zero-order valence-corrected chi connectivity index (χ0v) is 12.0. The van der Waals surface area contributed by atoms with E-state index in [-0.39, 0.29) is 36.4 Å². The average molecular weight is 296 g/mol. The van der Waals surface area contributed by atoms with Crippen LogP contribution in [0.4, 0.5) is 8.78 Å². The molecule has 114 valence electrons. The third-order valence-corrected chi connectivity index (χ3v) is 3.64. The van der Waals surface area contributed by atoms with E-state index in [2.05, 4.69) is 5.32 Å². The van der Waals surface area contributed by atoms with E-state index in [1.165, 1.54) is 12.1 Å². The van der Waals surface area contributed by atoms with Gasteiger partial charge in [0, 0.05) is 31.1 Å². The molecule has 1 N–H and O–H groups in total. The minimum absolute atomic E-state index is 0.0518. The first-order chi connectivity index (χ1) is 9.90. The molecule has 1 saturated heterocycles. The van der Waals surface area contributed by atoms with Crippen molar-refractivity contribution in [2.75, 3.05) is 6.54 Å². The van der Waals surface area contributed by atoms with E-state index in [4.69, 9.17) is 0 Å². The highest BCUT2D eigenvalue weighted by Gasteiger charge is 2.35. The number of likely N-dealkylation sites (tertiary alicyclic amines) is 1.